The highest BCUT2D eigenvalue weighted by Gasteiger charge is 2.23. The Hall–Kier alpha value is -1.84. The van der Waals surface area contributed by atoms with Gasteiger partial charge in [0.15, 0.2) is 0 Å². The van der Waals surface area contributed by atoms with Crippen molar-refractivity contribution in [3.63, 3.8) is 0 Å². The zero-order chi connectivity index (χ0) is 36.5. The number of rotatable bonds is 36. The fourth-order valence-corrected chi connectivity index (χ4v) is 7.27. The number of carboxylic acid groups (broad SMARTS) is 1. The van der Waals surface area contributed by atoms with Gasteiger partial charge in [0.05, 0.1) is 11.8 Å². The monoisotopic (exact) mass is 698 g/mol. The number of carbonyl (C=O) groups excluding carboxylic acids is 1. The van der Waals surface area contributed by atoms with Crippen LogP contribution in [-0.2, 0) is 9.59 Å². The molecule has 0 aromatic heterocycles. The molecule has 289 valence electrons. The first kappa shape index (κ1) is 46.2. The number of benzene rings is 1. The highest BCUT2D eigenvalue weighted by Crippen LogP contribution is 2.28. The molecular formula is C46H81O4. The van der Waals surface area contributed by atoms with Crippen LogP contribution in [0.15, 0.2) is 24.3 Å². The minimum absolute atomic E-state index is 0.0616. The number of hydrogen-bond acceptors (Lipinski definition) is 3. The van der Waals surface area contributed by atoms with E-state index >= 15 is 0 Å². The minimum Gasteiger partial charge on any atom is -0.481 e. The van der Waals surface area contributed by atoms with Crippen molar-refractivity contribution in [3.05, 3.63) is 35.7 Å². The van der Waals surface area contributed by atoms with Gasteiger partial charge in [-0.15, -0.1) is 0 Å². The number of hydrogen-bond donors (Lipinski definition) is 1. The Morgan fingerprint density at radius 2 is 0.840 bits per heavy atom. The molecule has 1 unspecified atom stereocenters. The lowest BCUT2D eigenvalue weighted by atomic mass is 9.90. The molecule has 1 atom stereocenters. The predicted octanol–water partition coefficient (Wildman–Crippen LogP) is 15.1. The summed E-state index contributed by atoms with van der Waals surface area (Å²) in [4.78, 5) is 25.2. The molecule has 4 heteroatoms. The summed E-state index contributed by atoms with van der Waals surface area (Å²) in [7, 11) is 0. The summed E-state index contributed by atoms with van der Waals surface area (Å²) in [6.07, 6.45) is 39.7. The Kier molecular flexibility index (Phi) is 30.5. The molecule has 0 amide bonds. The van der Waals surface area contributed by atoms with E-state index in [0.29, 0.717) is 12.2 Å². The zero-order valence-corrected chi connectivity index (χ0v) is 33.6. The molecule has 0 aliphatic heterocycles. The van der Waals surface area contributed by atoms with Gasteiger partial charge in [0.1, 0.15) is 5.75 Å². The van der Waals surface area contributed by atoms with Crippen LogP contribution >= 0.6 is 0 Å². The molecule has 0 spiro atoms. The molecule has 0 aliphatic rings. The maximum Gasteiger partial charge on any atom is 0.314 e. The first-order chi connectivity index (χ1) is 24.4. The van der Waals surface area contributed by atoms with Gasteiger partial charge in [-0.3, -0.25) is 9.59 Å². The first-order valence-electron chi connectivity index (χ1n) is 21.7. The van der Waals surface area contributed by atoms with Crippen LogP contribution in [0.25, 0.3) is 0 Å². The van der Waals surface area contributed by atoms with Crippen LogP contribution in [-0.4, -0.2) is 17.0 Å². The van der Waals surface area contributed by atoms with E-state index in [1.54, 1.807) is 24.3 Å². The van der Waals surface area contributed by atoms with Crippen molar-refractivity contribution < 1.29 is 19.4 Å². The van der Waals surface area contributed by atoms with E-state index in [1.807, 2.05) is 13.8 Å². The molecule has 0 heterocycles. The summed E-state index contributed by atoms with van der Waals surface area (Å²) >= 11 is 0. The quantitative estimate of drug-likeness (QED) is 0.0431. The number of esters is 1. The largest absolute Gasteiger partial charge is 0.481 e. The lowest BCUT2D eigenvalue weighted by molar-refractivity contribution is -0.140. The lowest BCUT2D eigenvalue weighted by Gasteiger charge is -2.17. The number of unbranched alkanes of at least 4 members (excludes halogenated alkanes) is 26. The van der Waals surface area contributed by atoms with Crippen LogP contribution in [0.2, 0.25) is 0 Å². The van der Waals surface area contributed by atoms with Gasteiger partial charge in [0.2, 0.25) is 0 Å². The second-order valence-electron chi connectivity index (χ2n) is 15.8. The molecule has 1 radical (unpaired) electrons. The van der Waals surface area contributed by atoms with Crippen LogP contribution in [0.3, 0.4) is 0 Å². The number of aliphatic carboxylic acids is 1. The minimum atomic E-state index is -0.822. The van der Waals surface area contributed by atoms with Crippen molar-refractivity contribution in [2.45, 2.75) is 233 Å². The Bertz CT molecular complexity index is 875. The molecule has 0 bridgehead atoms. The number of carbonyl (C=O) groups is 2. The molecule has 1 aromatic rings. The molecule has 4 nitrogen and oxygen atoms in total. The topological polar surface area (TPSA) is 63.6 Å². The van der Waals surface area contributed by atoms with E-state index in [0.717, 1.165) is 37.2 Å². The SMILES string of the molecule is CCCCCCCCCCCCCCCCC(CCCCCCCCCCCCCCCC)C(=O)Oc1ccc(C(C[C](C)C)C(=O)O)cc1. The van der Waals surface area contributed by atoms with Gasteiger partial charge >= 0.3 is 11.9 Å². The molecule has 0 aliphatic carbocycles. The summed E-state index contributed by atoms with van der Waals surface area (Å²) in [5, 5.41) is 9.71. The van der Waals surface area contributed by atoms with Gasteiger partial charge in [-0.05, 0) is 42.9 Å². The summed E-state index contributed by atoms with van der Waals surface area (Å²) in [6, 6.07) is 7.15. The standard InChI is InChI=1S/C46H81O4/c1-5-7-9-11-13-15-17-19-21-23-25-27-29-31-33-42(34-32-30-28-26-24-22-20-18-16-14-12-10-8-6-2)46(49)50-43-37-35-41(36-38-43)44(45(47)48)39-40(3)4/h35-38,42,44H,5-34,39H2,1-4H3,(H,47,48). The van der Waals surface area contributed by atoms with E-state index in [9.17, 15) is 14.7 Å². The Morgan fingerprint density at radius 1 is 0.520 bits per heavy atom. The molecule has 0 saturated carbocycles. The fraction of sp³-hybridized carbons (Fsp3) is 0.804. The van der Waals surface area contributed by atoms with E-state index in [4.69, 9.17) is 4.74 Å². The van der Waals surface area contributed by atoms with Gasteiger partial charge in [0.25, 0.3) is 0 Å². The van der Waals surface area contributed by atoms with E-state index < -0.39 is 11.9 Å². The summed E-state index contributed by atoms with van der Waals surface area (Å²) < 4.78 is 5.90. The second-order valence-corrected chi connectivity index (χ2v) is 15.8. The number of carboxylic acids is 1. The van der Waals surface area contributed by atoms with E-state index in [1.165, 1.54) is 167 Å². The average Bonchev–Trinajstić information content (AvgIpc) is 3.10. The van der Waals surface area contributed by atoms with Crippen molar-refractivity contribution in [1.82, 2.24) is 0 Å². The normalized spacial score (nSPS) is 12.2. The van der Waals surface area contributed by atoms with Gasteiger partial charge in [-0.1, -0.05) is 220 Å². The van der Waals surface area contributed by atoms with Crippen LogP contribution in [0.4, 0.5) is 0 Å². The summed E-state index contributed by atoms with van der Waals surface area (Å²) in [5.41, 5.74) is 0.750. The van der Waals surface area contributed by atoms with Crippen molar-refractivity contribution in [1.29, 1.82) is 0 Å². The fourth-order valence-electron chi connectivity index (χ4n) is 7.27. The van der Waals surface area contributed by atoms with E-state index in [-0.39, 0.29) is 11.9 Å². The summed E-state index contributed by atoms with van der Waals surface area (Å²) in [5.74, 6) is 0.0355. The van der Waals surface area contributed by atoms with Gasteiger partial charge in [0, 0.05) is 0 Å². The van der Waals surface area contributed by atoms with Crippen LogP contribution in [0, 0.1) is 11.8 Å². The van der Waals surface area contributed by atoms with Crippen molar-refractivity contribution in [3.8, 4) is 5.75 Å². The summed E-state index contributed by atoms with van der Waals surface area (Å²) in [6.45, 7) is 8.48. The lowest BCUT2D eigenvalue weighted by Crippen LogP contribution is -2.21. The molecule has 0 fully saturated rings. The Balaban J connectivity index is 2.42. The van der Waals surface area contributed by atoms with Crippen molar-refractivity contribution >= 4 is 11.9 Å². The highest BCUT2D eigenvalue weighted by molar-refractivity contribution is 5.77. The van der Waals surface area contributed by atoms with Gasteiger partial charge in [-0.2, -0.15) is 0 Å². The molecule has 50 heavy (non-hydrogen) atoms. The molecule has 1 N–H and O–H groups in total. The maximum absolute atomic E-state index is 13.4. The first-order valence-corrected chi connectivity index (χ1v) is 21.7. The second kappa shape index (κ2) is 33.0. The Labute approximate surface area is 310 Å². The molecule has 0 saturated heterocycles. The zero-order valence-electron chi connectivity index (χ0n) is 33.6. The van der Waals surface area contributed by atoms with Gasteiger partial charge < -0.3 is 9.84 Å². The third-order valence-corrected chi connectivity index (χ3v) is 10.6. The van der Waals surface area contributed by atoms with Crippen molar-refractivity contribution in [2.24, 2.45) is 5.92 Å². The third-order valence-electron chi connectivity index (χ3n) is 10.6. The number of ether oxygens (including phenoxy) is 1. The van der Waals surface area contributed by atoms with E-state index in [2.05, 4.69) is 13.8 Å². The molecular weight excluding hydrogens is 617 g/mol. The third kappa shape index (κ3) is 26.0. The average molecular weight is 698 g/mol. The Morgan fingerprint density at radius 3 is 1.14 bits per heavy atom. The predicted molar refractivity (Wildman–Crippen MR) is 215 cm³/mol. The van der Waals surface area contributed by atoms with Crippen molar-refractivity contribution in [2.75, 3.05) is 0 Å². The van der Waals surface area contributed by atoms with Crippen LogP contribution in [0.1, 0.15) is 238 Å². The molecule has 1 rings (SSSR count). The highest BCUT2D eigenvalue weighted by atomic mass is 16.5. The maximum atomic E-state index is 13.4. The van der Waals surface area contributed by atoms with Crippen LogP contribution in [0.5, 0.6) is 5.75 Å². The smallest absolute Gasteiger partial charge is 0.314 e. The van der Waals surface area contributed by atoms with Gasteiger partial charge in [-0.25, -0.2) is 0 Å². The molecule has 1 aromatic carbocycles. The van der Waals surface area contributed by atoms with Crippen LogP contribution < -0.4 is 4.74 Å².